The first-order valence-electron chi connectivity index (χ1n) is 8.74. The second-order valence-corrected chi connectivity index (χ2v) is 7.11. The zero-order valence-corrected chi connectivity index (χ0v) is 15.7. The molecular formula is C21H25NO4. The summed E-state index contributed by atoms with van der Waals surface area (Å²) in [6, 6.07) is 11.4. The average molecular weight is 355 g/mol. The van der Waals surface area contributed by atoms with E-state index >= 15 is 0 Å². The summed E-state index contributed by atoms with van der Waals surface area (Å²) in [5.74, 6) is 2.13. The van der Waals surface area contributed by atoms with Gasteiger partial charge in [-0.15, -0.1) is 0 Å². The molecule has 0 saturated carbocycles. The summed E-state index contributed by atoms with van der Waals surface area (Å²) in [6.45, 7) is 7.77. The number of carbonyl (C=O) groups excluding carboxylic acids is 1. The Hall–Kier alpha value is -2.69. The van der Waals surface area contributed by atoms with Crippen molar-refractivity contribution >= 4 is 5.91 Å². The van der Waals surface area contributed by atoms with Gasteiger partial charge in [0.2, 0.25) is 0 Å². The van der Waals surface area contributed by atoms with Crippen molar-refractivity contribution in [3.05, 3.63) is 53.1 Å². The quantitative estimate of drug-likeness (QED) is 0.892. The van der Waals surface area contributed by atoms with E-state index < -0.39 is 0 Å². The molecule has 1 N–H and O–H groups in total. The summed E-state index contributed by atoms with van der Waals surface area (Å²) >= 11 is 0. The summed E-state index contributed by atoms with van der Waals surface area (Å²) in [4.78, 5) is 12.5. The predicted octanol–water partition coefficient (Wildman–Crippen LogP) is 3.48. The third-order valence-electron chi connectivity index (χ3n) is 4.68. The summed E-state index contributed by atoms with van der Waals surface area (Å²) in [5, 5.41) is 3.02. The zero-order chi connectivity index (χ0) is 18.7. The highest BCUT2D eigenvalue weighted by atomic mass is 16.6. The number of fused-ring (bicyclic) bond motifs is 1. The van der Waals surface area contributed by atoms with Crippen LogP contribution in [0.2, 0.25) is 0 Å². The molecule has 2 aromatic carbocycles. The Labute approximate surface area is 154 Å². The van der Waals surface area contributed by atoms with Crippen molar-refractivity contribution in [2.45, 2.75) is 26.2 Å². The number of amides is 1. The summed E-state index contributed by atoms with van der Waals surface area (Å²) in [5.41, 5.74) is 2.43. The Balaban J connectivity index is 1.70. The van der Waals surface area contributed by atoms with Crippen molar-refractivity contribution in [1.29, 1.82) is 0 Å². The van der Waals surface area contributed by atoms with E-state index in [-0.39, 0.29) is 11.3 Å². The molecule has 0 aliphatic carbocycles. The van der Waals surface area contributed by atoms with Gasteiger partial charge < -0.3 is 19.5 Å². The lowest BCUT2D eigenvalue weighted by Gasteiger charge is -2.28. The van der Waals surface area contributed by atoms with Crippen LogP contribution in [-0.2, 0) is 5.41 Å². The van der Waals surface area contributed by atoms with Crippen LogP contribution in [-0.4, -0.2) is 32.8 Å². The molecule has 0 atom stereocenters. The maximum absolute atomic E-state index is 12.5. The van der Waals surface area contributed by atoms with Crippen LogP contribution in [0.15, 0.2) is 36.4 Å². The van der Waals surface area contributed by atoms with Gasteiger partial charge in [0, 0.05) is 17.5 Å². The first kappa shape index (κ1) is 18.1. The summed E-state index contributed by atoms with van der Waals surface area (Å²) in [7, 11) is 1.61. The van der Waals surface area contributed by atoms with Crippen molar-refractivity contribution < 1.29 is 19.0 Å². The van der Waals surface area contributed by atoms with Gasteiger partial charge in [-0.3, -0.25) is 4.79 Å². The topological polar surface area (TPSA) is 56.8 Å². The largest absolute Gasteiger partial charge is 0.496 e. The van der Waals surface area contributed by atoms with Crippen LogP contribution >= 0.6 is 0 Å². The molecule has 0 unspecified atom stereocenters. The van der Waals surface area contributed by atoms with Crippen molar-refractivity contribution in [1.82, 2.24) is 5.32 Å². The lowest BCUT2D eigenvalue weighted by atomic mass is 9.84. The predicted molar refractivity (Wildman–Crippen MR) is 101 cm³/mol. The number of hydrogen-bond acceptors (Lipinski definition) is 4. The normalized spacial score (nSPS) is 13.2. The molecule has 1 amide bonds. The molecule has 26 heavy (non-hydrogen) atoms. The van der Waals surface area contributed by atoms with Crippen LogP contribution < -0.4 is 19.5 Å². The van der Waals surface area contributed by atoms with Gasteiger partial charge in [-0.1, -0.05) is 26.0 Å². The second kappa shape index (κ2) is 7.28. The minimum Gasteiger partial charge on any atom is -0.496 e. The fraction of sp³-hybridized carbons (Fsp3) is 0.381. The molecule has 3 rings (SSSR count). The van der Waals surface area contributed by atoms with Gasteiger partial charge in [0.25, 0.3) is 5.91 Å². The van der Waals surface area contributed by atoms with Gasteiger partial charge >= 0.3 is 0 Å². The number of aryl methyl sites for hydroxylation is 1. The fourth-order valence-electron chi connectivity index (χ4n) is 2.93. The molecule has 0 fully saturated rings. The third kappa shape index (κ3) is 3.77. The Kier molecular flexibility index (Phi) is 5.07. The average Bonchev–Trinajstić information content (AvgIpc) is 2.66. The van der Waals surface area contributed by atoms with E-state index in [9.17, 15) is 4.79 Å². The van der Waals surface area contributed by atoms with E-state index in [1.807, 2.05) is 37.3 Å². The van der Waals surface area contributed by atoms with Gasteiger partial charge in [-0.2, -0.15) is 0 Å². The van der Waals surface area contributed by atoms with Gasteiger partial charge in [0.15, 0.2) is 11.5 Å². The number of carbonyl (C=O) groups is 1. The number of hydrogen-bond donors (Lipinski definition) is 1. The Morgan fingerprint density at radius 2 is 1.85 bits per heavy atom. The van der Waals surface area contributed by atoms with Gasteiger partial charge in [-0.05, 0) is 42.3 Å². The van der Waals surface area contributed by atoms with Gasteiger partial charge in [0.05, 0.1) is 7.11 Å². The molecule has 0 bridgehead atoms. The molecule has 0 radical (unpaired) electrons. The molecule has 2 aromatic rings. The molecule has 5 heteroatoms. The van der Waals surface area contributed by atoms with Crippen LogP contribution in [0.25, 0.3) is 0 Å². The van der Waals surface area contributed by atoms with Crippen LogP contribution in [0, 0.1) is 6.92 Å². The van der Waals surface area contributed by atoms with Crippen molar-refractivity contribution in [2.75, 3.05) is 26.9 Å². The molecule has 1 heterocycles. The Morgan fingerprint density at radius 1 is 1.12 bits per heavy atom. The number of benzene rings is 2. The van der Waals surface area contributed by atoms with E-state index in [1.165, 1.54) is 0 Å². The van der Waals surface area contributed by atoms with Gasteiger partial charge in [-0.25, -0.2) is 0 Å². The van der Waals surface area contributed by atoms with E-state index in [1.54, 1.807) is 13.2 Å². The Bertz CT molecular complexity index is 814. The SMILES string of the molecule is COc1cc(C(=O)NCC(C)(C)c2ccc3c(c2)OCCO3)ccc1C. The minimum atomic E-state index is -0.250. The van der Waals surface area contributed by atoms with E-state index in [0.29, 0.717) is 31.1 Å². The van der Waals surface area contributed by atoms with E-state index in [2.05, 4.69) is 19.2 Å². The van der Waals surface area contributed by atoms with Crippen molar-refractivity contribution in [3.8, 4) is 17.2 Å². The molecular weight excluding hydrogens is 330 g/mol. The summed E-state index contributed by atoms with van der Waals surface area (Å²) < 4.78 is 16.5. The smallest absolute Gasteiger partial charge is 0.251 e. The monoisotopic (exact) mass is 355 g/mol. The highest BCUT2D eigenvalue weighted by Crippen LogP contribution is 2.35. The minimum absolute atomic E-state index is 0.117. The first-order chi connectivity index (χ1) is 12.4. The van der Waals surface area contributed by atoms with E-state index in [4.69, 9.17) is 14.2 Å². The highest BCUT2D eigenvalue weighted by Gasteiger charge is 2.24. The molecule has 0 spiro atoms. The molecule has 5 nitrogen and oxygen atoms in total. The maximum atomic E-state index is 12.5. The lowest BCUT2D eigenvalue weighted by molar-refractivity contribution is 0.0945. The molecule has 1 aliphatic rings. The molecule has 138 valence electrons. The number of methoxy groups -OCH3 is 1. The standard InChI is InChI=1S/C21H25NO4/c1-14-5-6-15(11-18(14)24-4)20(23)22-13-21(2,3)16-7-8-17-19(12-16)26-10-9-25-17/h5-8,11-12H,9-10,13H2,1-4H3,(H,22,23). The molecule has 0 saturated heterocycles. The van der Waals surface area contributed by atoms with E-state index in [0.717, 1.165) is 22.6 Å². The van der Waals surface area contributed by atoms with Crippen molar-refractivity contribution in [2.24, 2.45) is 0 Å². The number of ether oxygens (including phenoxy) is 3. The Morgan fingerprint density at radius 3 is 2.58 bits per heavy atom. The molecule has 1 aliphatic heterocycles. The maximum Gasteiger partial charge on any atom is 0.251 e. The van der Waals surface area contributed by atoms with Crippen LogP contribution in [0.1, 0.15) is 35.3 Å². The first-order valence-corrected chi connectivity index (χ1v) is 8.74. The second-order valence-electron chi connectivity index (χ2n) is 7.11. The van der Waals surface area contributed by atoms with Gasteiger partial charge in [0.1, 0.15) is 19.0 Å². The number of rotatable bonds is 5. The molecule has 0 aromatic heterocycles. The van der Waals surface area contributed by atoms with Crippen LogP contribution in [0.4, 0.5) is 0 Å². The third-order valence-corrected chi connectivity index (χ3v) is 4.68. The highest BCUT2D eigenvalue weighted by molar-refractivity contribution is 5.94. The zero-order valence-electron chi connectivity index (χ0n) is 15.7. The summed E-state index contributed by atoms with van der Waals surface area (Å²) in [6.07, 6.45) is 0. The van der Waals surface area contributed by atoms with Crippen LogP contribution in [0.5, 0.6) is 17.2 Å². The fourth-order valence-corrected chi connectivity index (χ4v) is 2.93. The van der Waals surface area contributed by atoms with Crippen molar-refractivity contribution in [3.63, 3.8) is 0 Å². The lowest BCUT2D eigenvalue weighted by Crippen LogP contribution is -2.36. The number of nitrogens with one attached hydrogen (secondary N) is 1. The van der Waals surface area contributed by atoms with Crippen LogP contribution in [0.3, 0.4) is 0 Å².